The van der Waals surface area contributed by atoms with Gasteiger partial charge in [-0.2, -0.15) is 13.2 Å². The molecule has 0 atom stereocenters. The molecule has 0 heterocycles. The molecule has 0 fully saturated rings. The maximum atomic E-state index is 12.1. The van der Waals surface area contributed by atoms with Crippen LogP contribution in [0.5, 0.6) is 23.0 Å². The first-order valence-corrected chi connectivity index (χ1v) is 10.3. The highest BCUT2D eigenvalue weighted by atomic mass is 35.5. The van der Waals surface area contributed by atoms with Crippen molar-refractivity contribution in [3.8, 4) is 23.0 Å². The van der Waals surface area contributed by atoms with Crippen molar-refractivity contribution in [1.29, 1.82) is 0 Å². The van der Waals surface area contributed by atoms with Gasteiger partial charge in [0.1, 0.15) is 28.3 Å². The summed E-state index contributed by atoms with van der Waals surface area (Å²) in [4.78, 5) is 0. The normalized spacial score (nSPS) is 11.1. The zero-order valence-electron chi connectivity index (χ0n) is 15.9. The highest BCUT2D eigenvalue weighted by Crippen LogP contribution is 2.37. The molecule has 11 heteroatoms. The summed E-state index contributed by atoms with van der Waals surface area (Å²) in [5.41, 5.74) is 0. The number of ether oxygens (including phenoxy) is 4. The molecule has 0 N–H and O–H groups in total. The topological polar surface area (TPSA) is 36.9 Å². The molecule has 31 heavy (non-hydrogen) atoms. The van der Waals surface area contributed by atoms with E-state index in [-0.39, 0.29) is 33.5 Å². The summed E-state index contributed by atoms with van der Waals surface area (Å²) in [5.74, 6) is 1.33. The first kappa shape index (κ1) is 25.6. The van der Waals surface area contributed by atoms with Crippen molar-refractivity contribution in [2.75, 3.05) is 26.4 Å². The van der Waals surface area contributed by atoms with Crippen LogP contribution in [0.2, 0.25) is 10.0 Å². The van der Waals surface area contributed by atoms with Crippen molar-refractivity contribution in [2.24, 2.45) is 0 Å². The van der Waals surface area contributed by atoms with Crippen molar-refractivity contribution in [3.63, 3.8) is 0 Å². The Morgan fingerprint density at radius 2 is 1.35 bits per heavy atom. The quantitative estimate of drug-likeness (QED) is 0.288. The van der Waals surface area contributed by atoms with Gasteiger partial charge >= 0.3 is 6.18 Å². The molecule has 0 saturated carbocycles. The Morgan fingerprint density at radius 1 is 0.806 bits per heavy atom. The summed E-state index contributed by atoms with van der Waals surface area (Å²) in [5, 5.41) is 0.553. The highest BCUT2D eigenvalue weighted by Gasteiger charge is 2.28. The molecule has 4 nitrogen and oxygen atoms in total. The minimum absolute atomic E-state index is 0.0881. The lowest BCUT2D eigenvalue weighted by Crippen LogP contribution is -2.19. The first-order valence-electron chi connectivity index (χ1n) is 8.82. The van der Waals surface area contributed by atoms with E-state index in [0.29, 0.717) is 30.3 Å². The third kappa shape index (κ3) is 9.99. The van der Waals surface area contributed by atoms with Crippen LogP contribution in [-0.4, -0.2) is 32.6 Å². The molecular formula is C20H17Cl4F3O4. The molecule has 170 valence electrons. The van der Waals surface area contributed by atoms with E-state index in [9.17, 15) is 13.2 Å². The predicted molar refractivity (Wildman–Crippen MR) is 115 cm³/mol. The molecule has 0 amide bonds. The lowest BCUT2D eigenvalue weighted by molar-refractivity contribution is -0.153. The first-order chi connectivity index (χ1) is 14.6. The lowest BCUT2D eigenvalue weighted by atomic mass is 10.3. The number of rotatable bonds is 11. The Bertz CT molecular complexity index is 847. The van der Waals surface area contributed by atoms with Crippen molar-refractivity contribution < 1.29 is 32.1 Å². The zero-order chi connectivity index (χ0) is 22.9. The molecule has 0 bridgehead atoms. The van der Waals surface area contributed by atoms with E-state index >= 15 is 0 Å². The largest absolute Gasteiger partial charge is 0.493 e. The number of hydrogen-bond donors (Lipinski definition) is 0. The van der Waals surface area contributed by atoms with E-state index in [0.717, 1.165) is 0 Å². The van der Waals surface area contributed by atoms with Crippen LogP contribution in [0, 0.1) is 0 Å². The highest BCUT2D eigenvalue weighted by molar-refractivity contribution is 6.55. The van der Waals surface area contributed by atoms with E-state index in [1.807, 2.05) is 0 Å². The Hall–Kier alpha value is -1.67. The monoisotopic (exact) mass is 518 g/mol. The van der Waals surface area contributed by atoms with Crippen LogP contribution < -0.4 is 18.9 Å². The van der Waals surface area contributed by atoms with Crippen LogP contribution in [0.15, 0.2) is 47.0 Å². The van der Waals surface area contributed by atoms with Gasteiger partial charge in [0, 0.05) is 18.6 Å². The molecule has 0 saturated heterocycles. The van der Waals surface area contributed by atoms with Gasteiger partial charge < -0.3 is 18.9 Å². The number of alkyl halides is 3. The summed E-state index contributed by atoms with van der Waals surface area (Å²) >= 11 is 23.4. The van der Waals surface area contributed by atoms with Crippen LogP contribution in [0.4, 0.5) is 13.2 Å². The fraction of sp³-hybridized carbons (Fsp3) is 0.300. The van der Waals surface area contributed by atoms with E-state index in [4.69, 9.17) is 60.6 Å². The number of hydrogen-bond acceptors (Lipinski definition) is 4. The molecule has 2 aromatic carbocycles. The van der Waals surface area contributed by atoms with Crippen LogP contribution in [0.3, 0.4) is 0 Å². The lowest BCUT2D eigenvalue weighted by Gasteiger charge is -2.13. The molecule has 0 spiro atoms. The van der Waals surface area contributed by atoms with Gasteiger partial charge in [0.15, 0.2) is 12.4 Å². The van der Waals surface area contributed by atoms with Gasteiger partial charge in [-0.15, -0.1) is 0 Å². The zero-order valence-corrected chi connectivity index (χ0v) is 18.9. The van der Waals surface area contributed by atoms with Crippen LogP contribution >= 0.6 is 46.4 Å². The molecule has 0 aliphatic heterocycles. The van der Waals surface area contributed by atoms with Crippen LogP contribution in [-0.2, 0) is 0 Å². The summed E-state index contributed by atoms with van der Waals surface area (Å²) in [6.45, 7) is -0.606. The maximum Gasteiger partial charge on any atom is 0.422 e. The fourth-order valence-electron chi connectivity index (χ4n) is 2.18. The smallest absolute Gasteiger partial charge is 0.422 e. The molecule has 0 aromatic heterocycles. The molecule has 0 aliphatic carbocycles. The number of halogens is 7. The SMILES string of the molecule is FC(F)(F)COc1ccc(OCCCOc2c(Cl)cc(OCC=C(Cl)Cl)cc2Cl)cc1. The molecular weight excluding hydrogens is 503 g/mol. The predicted octanol–water partition coefficient (Wildman–Crippen LogP) is 7.48. The van der Waals surface area contributed by atoms with Crippen LogP contribution in [0.25, 0.3) is 0 Å². The van der Waals surface area contributed by atoms with E-state index in [2.05, 4.69) is 4.74 Å². The van der Waals surface area contributed by atoms with Crippen molar-refractivity contribution in [3.05, 3.63) is 57.0 Å². The van der Waals surface area contributed by atoms with Crippen molar-refractivity contribution >= 4 is 46.4 Å². The second-order valence-electron chi connectivity index (χ2n) is 5.95. The van der Waals surface area contributed by atoms with Crippen molar-refractivity contribution in [2.45, 2.75) is 12.6 Å². The Kier molecular flexibility index (Phi) is 10.2. The molecule has 0 radical (unpaired) electrons. The molecule has 2 aromatic rings. The van der Waals surface area contributed by atoms with E-state index in [1.54, 1.807) is 12.1 Å². The summed E-state index contributed by atoms with van der Waals surface area (Å²) < 4.78 is 57.7. The fourth-order valence-corrected chi connectivity index (χ4v) is 2.88. The molecule has 0 aliphatic rings. The third-order valence-electron chi connectivity index (χ3n) is 3.49. The Labute approximate surface area is 197 Å². The van der Waals surface area contributed by atoms with Gasteiger partial charge in [0.2, 0.25) is 0 Å². The minimum Gasteiger partial charge on any atom is -0.493 e. The Morgan fingerprint density at radius 3 is 1.90 bits per heavy atom. The molecule has 2 rings (SSSR count). The van der Waals surface area contributed by atoms with Gasteiger partial charge in [-0.1, -0.05) is 46.4 Å². The average Bonchev–Trinajstić information content (AvgIpc) is 2.68. The van der Waals surface area contributed by atoms with Gasteiger partial charge in [0.25, 0.3) is 0 Å². The van der Waals surface area contributed by atoms with Gasteiger partial charge in [-0.25, -0.2) is 0 Å². The Balaban J connectivity index is 1.74. The maximum absolute atomic E-state index is 12.1. The van der Waals surface area contributed by atoms with Gasteiger partial charge in [-0.3, -0.25) is 0 Å². The van der Waals surface area contributed by atoms with E-state index < -0.39 is 12.8 Å². The van der Waals surface area contributed by atoms with Gasteiger partial charge in [0.05, 0.1) is 23.3 Å². The standard InChI is InChI=1S/C20H17Cl4F3O4/c21-16-10-15(29-9-6-18(23)24)11-17(22)19(16)30-8-1-7-28-13-2-4-14(5-3-13)31-12-20(25,26)27/h2-6,10-11H,1,7-9,12H2. The van der Waals surface area contributed by atoms with Gasteiger partial charge in [-0.05, 0) is 30.3 Å². The summed E-state index contributed by atoms with van der Waals surface area (Å²) in [6, 6.07) is 8.95. The summed E-state index contributed by atoms with van der Waals surface area (Å²) in [7, 11) is 0. The second-order valence-corrected chi connectivity index (χ2v) is 7.77. The minimum atomic E-state index is -4.38. The average molecular weight is 520 g/mol. The number of benzene rings is 2. The molecule has 0 unspecified atom stereocenters. The third-order valence-corrected chi connectivity index (χ3v) is 4.36. The van der Waals surface area contributed by atoms with Crippen LogP contribution in [0.1, 0.15) is 6.42 Å². The second kappa shape index (κ2) is 12.4. The summed E-state index contributed by atoms with van der Waals surface area (Å²) in [6.07, 6.45) is -2.40. The van der Waals surface area contributed by atoms with Crippen molar-refractivity contribution in [1.82, 2.24) is 0 Å². The van der Waals surface area contributed by atoms with E-state index in [1.165, 1.54) is 30.3 Å².